The monoisotopic (exact) mass is 431 g/mol. The van der Waals surface area contributed by atoms with Crippen LogP contribution >= 0.6 is 31.9 Å². The number of aromatic nitrogens is 3. The first kappa shape index (κ1) is 15.1. The van der Waals surface area contributed by atoms with E-state index in [0.717, 1.165) is 31.7 Å². The van der Waals surface area contributed by atoms with E-state index in [-0.39, 0.29) is 0 Å². The molecule has 1 aromatic heterocycles. The Morgan fingerprint density at radius 1 is 0.739 bits per heavy atom. The van der Waals surface area contributed by atoms with Crippen LogP contribution in [0.5, 0.6) is 0 Å². The van der Waals surface area contributed by atoms with Crippen molar-refractivity contribution in [3.05, 3.63) is 57.5 Å². The second kappa shape index (κ2) is 6.21. The molecule has 2 aromatic carbocycles. The van der Waals surface area contributed by atoms with Crippen molar-refractivity contribution in [3.63, 3.8) is 0 Å². The number of halogens is 2. The van der Waals surface area contributed by atoms with Gasteiger partial charge in [0, 0.05) is 26.1 Å². The van der Waals surface area contributed by atoms with Crippen molar-refractivity contribution < 1.29 is 0 Å². The fraction of sp³-hybridized carbons (Fsp3) is 0.222. The highest BCUT2D eigenvalue weighted by molar-refractivity contribution is 9.10. The maximum absolute atomic E-state index is 4.50. The van der Waals surface area contributed by atoms with Gasteiger partial charge in [0.1, 0.15) is 0 Å². The molecule has 1 fully saturated rings. The molecule has 4 rings (SSSR count). The first-order chi connectivity index (χ1) is 11.2. The maximum Gasteiger partial charge on any atom is 0.164 e. The van der Waals surface area contributed by atoms with Crippen molar-refractivity contribution in [2.45, 2.75) is 25.3 Å². The summed E-state index contributed by atoms with van der Waals surface area (Å²) in [5.41, 5.74) is 2.21. The van der Waals surface area contributed by atoms with Gasteiger partial charge in [-0.05, 0) is 43.5 Å². The van der Waals surface area contributed by atoms with Gasteiger partial charge in [0.2, 0.25) is 0 Å². The fourth-order valence-corrected chi connectivity index (χ4v) is 3.40. The largest absolute Gasteiger partial charge is 0.304 e. The molecule has 0 unspecified atom stereocenters. The van der Waals surface area contributed by atoms with E-state index < -0.39 is 0 Å². The van der Waals surface area contributed by atoms with Crippen molar-refractivity contribution in [1.82, 2.24) is 14.8 Å². The number of nitrogens with zero attached hydrogens (tertiary/aromatic N) is 3. The topological polar surface area (TPSA) is 30.7 Å². The molecule has 3 nitrogen and oxygen atoms in total. The molecule has 116 valence electrons. The fourth-order valence-electron chi connectivity index (χ4n) is 2.87. The van der Waals surface area contributed by atoms with Gasteiger partial charge in [-0.3, -0.25) is 0 Å². The summed E-state index contributed by atoms with van der Waals surface area (Å²) in [4.78, 5) is 0. The van der Waals surface area contributed by atoms with E-state index in [1.807, 2.05) is 0 Å². The van der Waals surface area contributed by atoms with E-state index in [4.69, 9.17) is 0 Å². The lowest BCUT2D eigenvalue weighted by Gasteiger charge is -2.29. The van der Waals surface area contributed by atoms with Gasteiger partial charge in [-0.25, -0.2) is 0 Å². The van der Waals surface area contributed by atoms with Gasteiger partial charge in [-0.1, -0.05) is 56.1 Å². The lowest BCUT2D eigenvalue weighted by molar-refractivity contribution is 0.318. The molecule has 1 heterocycles. The van der Waals surface area contributed by atoms with Crippen LogP contribution in [-0.2, 0) is 0 Å². The Morgan fingerprint density at radius 3 is 1.52 bits per heavy atom. The quantitative estimate of drug-likeness (QED) is 0.518. The van der Waals surface area contributed by atoms with Crippen LogP contribution in [0.3, 0.4) is 0 Å². The Kier molecular flexibility index (Phi) is 4.07. The number of rotatable bonds is 3. The Morgan fingerprint density at radius 2 is 1.17 bits per heavy atom. The smallest absolute Gasteiger partial charge is 0.164 e. The number of benzene rings is 2. The van der Waals surface area contributed by atoms with Gasteiger partial charge >= 0.3 is 0 Å². The van der Waals surface area contributed by atoms with Crippen molar-refractivity contribution in [2.75, 3.05) is 0 Å². The normalized spacial score (nSPS) is 14.7. The Hall–Kier alpha value is -1.46. The molecule has 0 spiro atoms. The van der Waals surface area contributed by atoms with E-state index in [9.17, 15) is 0 Å². The second-order valence-electron chi connectivity index (χ2n) is 5.82. The molecule has 0 amide bonds. The van der Waals surface area contributed by atoms with Crippen molar-refractivity contribution in [3.8, 4) is 22.8 Å². The lowest BCUT2D eigenvalue weighted by atomic mass is 9.92. The summed E-state index contributed by atoms with van der Waals surface area (Å²) in [6.07, 6.45) is 3.68. The standard InChI is InChI=1S/C18H15Br2N3/c19-14-8-4-12(5-9-14)17-21-22-18(23(17)16-2-1-3-16)13-6-10-15(20)11-7-13/h4-11,16H,1-3H2. The predicted octanol–water partition coefficient (Wildman–Crippen LogP) is 5.86. The third-order valence-corrected chi connectivity index (χ3v) is 5.40. The van der Waals surface area contributed by atoms with E-state index in [0.29, 0.717) is 6.04 Å². The average molecular weight is 433 g/mol. The van der Waals surface area contributed by atoms with E-state index in [2.05, 4.69) is 95.2 Å². The summed E-state index contributed by atoms with van der Waals surface area (Å²) in [5, 5.41) is 9.01. The molecule has 3 aromatic rings. The first-order valence-electron chi connectivity index (χ1n) is 7.69. The van der Waals surface area contributed by atoms with Gasteiger partial charge in [0.05, 0.1) is 0 Å². The van der Waals surface area contributed by atoms with E-state index >= 15 is 0 Å². The molecule has 0 N–H and O–H groups in total. The minimum atomic E-state index is 0.502. The number of hydrogen-bond acceptors (Lipinski definition) is 2. The summed E-state index contributed by atoms with van der Waals surface area (Å²) in [6.45, 7) is 0. The van der Waals surface area contributed by atoms with Crippen LogP contribution in [0.2, 0.25) is 0 Å². The van der Waals surface area contributed by atoms with Crippen LogP contribution in [0.15, 0.2) is 57.5 Å². The maximum atomic E-state index is 4.50. The SMILES string of the molecule is Brc1ccc(-c2nnc(-c3ccc(Br)cc3)n2C2CCC2)cc1. The molecule has 5 heteroatoms. The lowest BCUT2D eigenvalue weighted by Crippen LogP contribution is -2.19. The van der Waals surface area contributed by atoms with Gasteiger partial charge < -0.3 is 4.57 Å². The molecule has 0 saturated heterocycles. The first-order valence-corrected chi connectivity index (χ1v) is 9.28. The highest BCUT2D eigenvalue weighted by Gasteiger charge is 2.27. The Labute approximate surface area is 152 Å². The molecule has 1 aliphatic carbocycles. The van der Waals surface area contributed by atoms with Crippen LogP contribution in [0.4, 0.5) is 0 Å². The van der Waals surface area contributed by atoms with Gasteiger partial charge in [0.25, 0.3) is 0 Å². The van der Waals surface area contributed by atoms with Crippen LogP contribution in [-0.4, -0.2) is 14.8 Å². The summed E-state index contributed by atoms with van der Waals surface area (Å²) >= 11 is 6.98. The predicted molar refractivity (Wildman–Crippen MR) is 99.2 cm³/mol. The zero-order valence-electron chi connectivity index (χ0n) is 12.4. The van der Waals surface area contributed by atoms with Crippen molar-refractivity contribution in [1.29, 1.82) is 0 Å². The van der Waals surface area contributed by atoms with Crippen LogP contribution in [0.1, 0.15) is 25.3 Å². The summed E-state index contributed by atoms with van der Waals surface area (Å²) < 4.78 is 4.46. The molecular weight excluding hydrogens is 418 g/mol. The molecule has 0 atom stereocenters. The third kappa shape index (κ3) is 2.88. The zero-order chi connectivity index (χ0) is 15.8. The molecule has 23 heavy (non-hydrogen) atoms. The summed E-state index contributed by atoms with van der Waals surface area (Å²) in [7, 11) is 0. The zero-order valence-corrected chi connectivity index (χ0v) is 15.6. The van der Waals surface area contributed by atoms with E-state index in [1.165, 1.54) is 19.3 Å². The third-order valence-electron chi connectivity index (χ3n) is 4.34. The molecule has 0 aliphatic heterocycles. The number of hydrogen-bond donors (Lipinski definition) is 0. The van der Waals surface area contributed by atoms with E-state index in [1.54, 1.807) is 0 Å². The van der Waals surface area contributed by atoms with Gasteiger partial charge in [-0.2, -0.15) is 0 Å². The molecular formula is C18H15Br2N3. The second-order valence-corrected chi connectivity index (χ2v) is 7.65. The van der Waals surface area contributed by atoms with Crippen LogP contribution in [0.25, 0.3) is 22.8 Å². The highest BCUT2D eigenvalue weighted by Crippen LogP contribution is 2.38. The molecule has 1 saturated carbocycles. The molecule has 0 radical (unpaired) electrons. The Balaban J connectivity index is 1.84. The van der Waals surface area contributed by atoms with Gasteiger partial charge in [-0.15, -0.1) is 10.2 Å². The molecule has 1 aliphatic rings. The summed E-state index contributed by atoms with van der Waals surface area (Å²) in [5.74, 6) is 1.92. The minimum Gasteiger partial charge on any atom is -0.304 e. The summed E-state index contributed by atoms with van der Waals surface area (Å²) in [6, 6.07) is 17.1. The minimum absolute atomic E-state index is 0.502. The van der Waals surface area contributed by atoms with Crippen molar-refractivity contribution >= 4 is 31.9 Å². The highest BCUT2D eigenvalue weighted by atomic mass is 79.9. The Bertz CT molecular complexity index is 755. The van der Waals surface area contributed by atoms with Gasteiger partial charge in [0.15, 0.2) is 11.6 Å². The van der Waals surface area contributed by atoms with Crippen molar-refractivity contribution in [2.24, 2.45) is 0 Å². The van der Waals surface area contributed by atoms with Crippen LogP contribution in [0, 0.1) is 0 Å². The molecule has 0 bridgehead atoms. The van der Waals surface area contributed by atoms with Crippen LogP contribution < -0.4 is 0 Å². The average Bonchev–Trinajstić information content (AvgIpc) is 2.92.